The van der Waals surface area contributed by atoms with Crippen molar-refractivity contribution in [2.75, 3.05) is 19.0 Å². The molecule has 0 radical (unpaired) electrons. The number of hydrogen-bond acceptors (Lipinski definition) is 4. The number of anilines is 1. The zero-order valence-electron chi connectivity index (χ0n) is 12.3. The van der Waals surface area contributed by atoms with Crippen molar-refractivity contribution < 1.29 is 14.3 Å². The van der Waals surface area contributed by atoms with Crippen LogP contribution in [0, 0.1) is 5.92 Å². The second-order valence-electron chi connectivity index (χ2n) is 5.37. The maximum Gasteiger partial charge on any atom is 0.411 e. The third-order valence-electron chi connectivity index (χ3n) is 3.69. The molecule has 0 atom stereocenters. The summed E-state index contributed by atoms with van der Waals surface area (Å²) in [5, 5.41) is 6.46. The fourth-order valence-corrected chi connectivity index (χ4v) is 2.31. The summed E-state index contributed by atoms with van der Waals surface area (Å²) in [4.78, 5) is 30.2. The van der Waals surface area contributed by atoms with E-state index in [0.717, 1.165) is 29.4 Å². The van der Waals surface area contributed by atoms with Gasteiger partial charge in [0.15, 0.2) is 0 Å². The standard InChI is InChI=1S/C15H18N4O3/c1-22-15(21)19-11-6-12-10(7-17-13(12)18-8-11)4-5-16-14(20)9-2-3-9/h6-9H,2-5H2,1H3,(H,16,20)(H,17,18)(H,19,21). The summed E-state index contributed by atoms with van der Waals surface area (Å²) in [6, 6.07) is 1.84. The molecule has 0 aliphatic heterocycles. The Morgan fingerprint density at radius 1 is 1.45 bits per heavy atom. The van der Waals surface area contributed by atoms with Crippen LogP contribution in [0.2, 0.25) is 0 Å². The van der Waals surface area contributed by atoms with Crippen molar-refractivity contribution in [3.63, 3.8) is 0 Å². The van der Waals surface area contributed by atoms with Crippen molar-refractivity contribution in [3.05, 3.63) is 24.0 Å². The van der Waals surface area contributed by atoms with Gasteiger partial charge in [0.25, 0.3) is 0 Å². The van der Waals surface area contributed by atoms with Gasteiger partial charge in [0.05, 0.1) is 19.0 Å². The number of hydrogen-bond donors (Lipinski definition) is 3. The van der Waals surface area contributed by atoms with Gasteiger partial charge in [0.1, 0.15) is 5.65 Å². The molecule has 0 unspecified atom stereocenters. The highest BCUT2D eigenvalue weighted by Crippen LogP contribution is 2.28. The van der Waals surface area contributed by atoms with E-state index < -0.39 is 6.09 Å². The number of aromatic amines is 1. The topological polar surface area (TPSA) is 96.1 Å². The van der Waals surface area contributed by atoms with Gasteiger partial charge in [-0.25, -0.2) is 9.78 Å². The van der Waals surface area contributed by atoms with E-state index in [1.54, 1.807) is 6.20 Å². The number of aromatic nitrogens is 2. The zero-order chi connectivity index (χ0) is 15.5. The summed E-state index contributed by atoms with van der Waals surface area (Å²) >= 11 is 0. The number of nitrogens with zero attached hydrogens (tertiary/aromatic N) is 1. The maximum absolute atomic E-state index is 11.6. The number of rotatable bonds is 5. The van der Waals surface area contributed by atoms with Crippen molar-refractivity contribution in [2.24, 2.45) is 5.92 Å². The van der Waals surface area contributed by atoms with E-state index in [-0.39, 0.29) is 11.8 Å². The van der Waals surface area contributed by atoms with E-state index >= 15 is 0 Å². The number of carbonyl (C=O) groups is 2. The molecule has 2 heterocycles. The fourth-order valence-electron chi connectivity index (χ4n) is 2.31. The van der Waals surface area contributed by atoms with Crippen LogP contribution >= 0.6 is 0 Å². The SMILES string of the molecule is COC(=O)Nc1cnc2[nH]cc(CCNC(=O)C3CC3)c2c1. The second kappa shape index (κ2) is 6.05. The number of pyridine rings is 1. The van der Waals surface area contributed by atoms with E-state index in [2.05, 4.69) is 25.3 Å². The first kappa shape index (κ1) is 14.4. The van der Waals surface area contributed by atoms with Crippen LogP contribution in [-0.4, -0.2) is 35.6 Å². The summed E-state index contributed by atoms with van der Waals surface area (Å²) in [7, 11) is 1.31. The summed E-state index contributed by atoms with van der Waals surface area (Å²) in [5.74, 6) is 0.367. The predicted octanol–water partition coefficient (Wildman–Crippen LogP) is 1.81. The average Bonchev–Trinajstić information content (AvgIpc) is 3.30. The molecule has 22 heavy (non-hydrogen) atoms. The van der Waals surface area contributed by atoms with Gasteiger partial charge in [-0.15, -0.1) is 0 Å². The quantitative estimate of drug-likeness (QED) is 0.785. The Bertz CT molecular complexity index is 706. The van der Waals surface area contributed by atoms with Crippen molar-refractivity contribution in [3.8, 4) is 0 Å². The summed E-state index contributed by atoms with van der Waals surface area (Å²) in [6.07, 6.45) is 5.63. The lowest BCUT2D eigenvalue weighted by atomic mass is 10.1. The Kier molecular flexibility index (Phi) is 3.95. The minimum absolute atomic E-state index is 0.144. The number of amides is 2. The number of nitrogens with one attached hydrogen (secondary N) is 3. The van der Waals surface area contributed by atoms with Gasteiger partial charge in [-0.05, 0) is 30.9 Å². The molecule has 116 valence electrons. The monoisotopic (exact) mass is 302 g/mol. The van der Waals surface area contributed by atoms with Crippen LogP contribution in [0.5, 0.6) is 0 Å². The van der Waals surface area contributed by atoms with Gasteiger partial charge >= 0.3 is 6.09 Å². The van der Waals surface area contributed by atoms with Gasteiger partial charge in [0.2, 0.25) is 5.91 Å². The Hall–Kier alpha value is -2.57. The first-order valence-electron chi connectivity index (χ1n) is 7.26. The molecule has 2 aromatic rings. The van der Waals surface area contributed by atoms with E-state index in [0.29, 0.717) is 18.7 Å². The summed E-state index contributed by atoms with van der Waals surface area (Å²) < 4.78 is 4.56. The van der Waals surface area contributed by atoms with Crippen molar-refractivity contribution >= 4 is 28.7 Å². The predicted molar refractivity (Wildman–Crippen MR) is 81.6 cm³/mol. The van der Waals surface area contributed by atoms with Crippen LogP contribution in [0.3, 0.4) is 0 Å². The van der Waals surface area contributed by atoms with Gasteiger partial charge in [-0.2, -0.15) is 0 Å². The van der Waals surface area contributed by atoms with E-state index in [1.165, 1.54) is 7.11 Å². The number of methoxy groups -OCH3 is 1. The minimum atomic E-state index is -0.532. The summed E-state index contributed by atoms with van der Waals surface area (Å²) in [6.45, 7) is 0.594. The first-order chi connectivity index (χ1) is 10.7. The number of H-pyrrole nitrogens is 1. The van der Waals surface area contributed by atoms with Gasteiger partial charge in [0, 0.05) is 24.0 Å². The van der Waals surface area contributed by atoms with Gasteiger partial charge in [-0.3, -0.25) is 10.1 Å². The average molecular weight is 302 g/mol. The van der Waals surface area contributed by atoms with Crippen molar-refractivity contribution in [1.82, 2.24) is 15.3 Å². The molecule has 0 saturated heterocycles. The van der Waals surface area contributed by atoms with Crippen LogP contribution in [0.15, 0.2) is 18.5 Å². The molecule has 2 amide bonds. The highest BCUT2D eigenvalue weighted by atomic mass is 16.5. The lowest BCUT2D eigenvalue weighted by Gasteiger charge is -2.05. The first-order valence-corrected chi connectivity index (χ1v) is 7.26. The smallest absolute Gasteiger partial charge is 0.411 e. The molecule has 1 fully saturated rings. The Morgan fingerprint density at radius 2 is 2.27 bits per heavy atom. The van der Waals surface area contributed by atoms with Crippen LogP contribution < -0.4 is 10.6 Å². The largest absolute Gasteiger partial charge is 0.453 e. The number of carbonyl (C=O) groups excluding carboxylic acids is 2. The molecule has 1 saturated carbocycles. The van der Waals surface area contributed by atoms with Gasteiger partial charge in [-0.1, -0.05) is 0 Å². The number of ether oxygens (including phenoxy) is 1. The molecule has 0 aromatic carbocycles. The van der Waals surface area contributed by atoms with Crippen molar-refractivity contribution in [2.45, 2.75) is 19.3 Å². The van der Waals surface area contributed by atoms with Crippen LogP contribution in [0.1, 0.15) is 18.4 Å². The molecule has 1 aliphatic carbocycles. The molecular formula is C15H18N4O3. The van der Waals surface area contributed by atoms with Crippen LogP contribution in [0.4, 0.5) is 10.5 Å². The minimum Gasteiger partial charge on any atom is -0.453 e. The highest BCUT2D eigenvalue weighted by molar-refractivity contribution is 5.89. The third-order valence-corrected chi connectivity index (χ3v) is 3.69. The zero-order valence-corrected chi connectivity index (χ0v) is 12.3. The molecule has 7 heteroatoms. The van der Waals surface area contributed by atoms with E-state index in [1.807, 2.05) is 12.3 Å². The molecule has 0 bridgehead atoms. The Balaban J connectivity index is 1.67. The van der Waals surface area contributed by atoms with E-state index in [4.69, 9.17) is 0 Å². The third kappa shape index (κ3) is 3.19. The van der Waals surface area contributed by atoms with Gasteiger partial charge < -0.3 is 15.0 Å². The second-order valence-corrected chi connectivity index (χ2v) is 5.37. The Labute approximate surface area is 127 Å². The molecule has 3 N–H and O–H groups in total. The lowest BCUT2D eigenvalue weighted by Crippen LogP contribution is -2.26. The lowest BCUT2D eigenvalue weighted by molar-refractivity contribution is -0.122. The van der Waals surface area contributed by atoms with Crippen LogP contribution in [0.25, 0.3) is 11.0 Å². The molecule has 3 rings (SSSR count). The highest BCUT2D eigenvalue weighted by Gasteiger charge is 2.29. The van der Waals surface area contributed by atoms with Crippen molar-refractivity contribution in [1.29, 1.82) is 0 Å². The normalized spacial score (nSPS) is 13.9. The fraction of sp³-hybridized carbons (Fsp3) is 0.400. The molecule has 1 aliphatic rings. The molecular weight excluding hydrogens is 284 g/mol. The molecule has 7 nitrogen and oxygen atoms in total. The maximum atomic E-state index is 11.6. The van der Waals surface area contributed by atoms with Crippen LogP contribution in [-0.2, 0) is 16.0 Å². The number of fused-ring (bicyclic) bond motifs is 1. The molecule has 2 aromatic heterocycles. The molecule has 0 spiro atoms. The Morgan fingerprint density at radius 3 is 3.00 bits per heavy atom. The van der Waals surface area contributed by atoms with E-state index in [9.17, 15) is 9.59 Å². The summed E-state index contributed by atoms with van der Waals surface area (Å²) in [5.41, 5.74) is 2.37.